The highest BCUT2D eigenvalue weighted by atomic mass is 16.5. The number of hydrogen-bond acceptors (Lipinski definition) is 7. The summed E-state index contributed by atoms with van der Waals surface area (Å²) in [4.78, 5) is 22.3. The van der Waals surface area contributed by atoms with Gasteiger partial charge < -0.3 is 37.3 Å². The fourth-order valence-electron chi connectivity index (χ4n) is 6.07. The molecular weight excluding hydrogens is 642 g/mol. The molecule has 302 valence electrons. The first-order valence-electron chi connectivity index (χ1n) is 21.0. The number of carbonyl (C=O) groups excluding carboxylic acids is 2. The molecule has 0 fully saturated rings. The predicted molar refractivity (Wildman–Crippen MR) is 214 cm³/mol. The van der Waals surface area contributed by atoms with Crippen molar-refractivity contribution in [3.05, 3.63) is 24.6 Å². The van der Waals surface area contributed by atoms with E-state index in [9.17, 15) is 24.9 Å². The Bertz CT molecular complexity index is 809. The van der Waals surface area contributed by atoms with Crippen molar-refractivity contribution in [1.82, 2.24) is 0 Å². The van der Waals surface area contributed by atoms with Gasteiger partial charge in [0.05, 0.1) is 6.26 Å². The third kappa shape index (κ3) is 36.1. The van der Waals surface area contributed by atoms with Crippen LogP contribution in [0, 0.1) is 0 Å². The number of allylic oxidation sites excluding steroid dienone is 2. The molecule has 0 aromatic heterocycles. The molecule has 4 atom stereocenters. The molecule has 2 amide bonds. The number of nitrogens with two attached hydrogens (primary N) is 3. The average molecular weight is 726 g/mol. The van der Waals surface area contributed by atoms with Crippen LogP contribution in [0.4, 0.5) is 0 Å². The zero-order valence-corrected chi connectivity index (χ0v) is 33.1. The van der Waals surface area contributed by atoms with Gasteiger partial charge >= 0.3 is 0 Å². The monoisotopic (exact) mass is 726 g/mol. The maximum atomic E-state index is 11.4. The Labute approximate surface area is 313 Å². The number of aliphatic hydroxyl groups excluding tert-OH is 3. The van der Waals surface area contributed by atoms with Gasteiger partial charge in [-0.3, -0.25) is 9.59 Å². The van der Waals surface area contributed by atoms with Gasteiger partial charge in [-0.15, -0.1) is 0 Å². The van der Waals surface area contributed by atoms with Crippen molar-refractivity contribution in [2.24, 2.45) is 17.2 Å². The average Bonchev–Trinajstić information content (AvgIpc) is 3.12. The fourth-order valence-corrected chi connectivity index (χ4v) is 6.07. The van der Waals surface area contributed by atoms with E-state index < -0.39 is 36.2 Å². The minimum Gasteiger partial charge on any atom is -0.486 e. The Morgan fingerprint density at radius 1 is 0.490 bits per heavy atom. The Hall–Kier alpha value is -2.10. The summed E-state index contributed by atoms with van der Waals surface area (Å²) in [5, 5.41) is 29.0. The van der Waals surface area contributed by atoms with E-state index in [2.05, 4.69) is 19.9 Å². The summed E-state index contributed by atoms with van der Waals surface area (Å²) in [6.07, 6.45) is 39.1. The van der Waals surface area contributed by atoms with Crippen LogP contribution in [0.5, 0.6) is 0 Å². The maximum absolute atomic E-state index is 11.4. The Balaban J connectivity index is 0. The first-order valence-corrected chi connectivity index (χ1v) is 21.0. The molecule has 0 saturated heterocycles. The van der Waals surface area contributed by atoms with Gasteiger partial charge in [-0.25, -0.2) is 0 Å². The smallest absolute Gasteiger partial charge is 0.261 e. The molecule has 0 aliphatic heterocycles. The van der Waals surface area contributed by atoms with Crippen LogP contribution in [0.2, 0.25) is 0 Å². The topological polar surface area (TPSA) is 182 Å². The van der Waals surface area contributed by atoms with Crippen LogP contribution < -0.4 is 17.2 Å². The number of amides is 2. The summed E-state index contributed by atoms with van der Waals surface area (Å²) in [6, 6.07) is 0. The predicted octanol–water partition coefficient (Wildman–Crippen LogP) is 9.14. The molecule has 0 spiro atoms. The van der Waals surface area contributed by atoms with Crippen molar-refractivity contribution in [1.29, 1.82) is 0 Å². The molecule has 0 aromatic carbocycles. The highest BCUT2D eigenvalue weighted by Crippen LogP contribution is 2.15. The third-order valence-corrected chi connectivity index (χ3v) is 9.46. The minimum atomic E-state index is -2.03. The van der Waals surface area contributed by atoms with Crippen molar-refractivity contribution >= 4 is 11.8 Å². The number of rotatable bonds is 37. The van der Waals surface area contributed by atoms with Gasteiger partial charge in [0.2, 0.25) is 12.0 Å². The Morgan fingerprint density at radius 2 is 0.804 bits per heavy atom. The molecule has 0 radical (unpaired) electrons. The summed E-state index contributed by atoms with van der Waals surface area (Å²) >= 11 is 0. The molecule has 51 heavy (non-hydrogen) atoms. The summed E-state index contributed by atoms with van der Waals surface area (Å²) in [5.74, 6) is -2.26. The molecule has 0 saturated carbocycles. The highest BCUT2D eigenvalue weighted by Gasteiger charge is 2.37. The lowest BCUT2D eigenvalue weighted by molar-refractivity contribution is -0.152. The number of hydrogen-bond donors (Lipinski definition) is 6. The van der Waals surface area contributed by atoms with E-state index in [0.717, 1.165) is 25.7 Å². The van der Waals surface area contributed by atoms with Crippen molar-refractivity contribution in [2.45, 2.75) is 231 Å². The van der Waals surface area contributed by atoms with E-state index in [-0.39, 0.29) is 0 Å². The van der Waals surface area contributed by atoms with Crippen molar-refractivity contribution in [3.8, 4) is 0 Å². The fraction of sp³-hybridized carbons (Fsp3) is 0.857. The van der Waals surface area contributed by atoms with E-state index >= 15 is 0 Å². The number of carbonyl (C=O) groups is 2. The maximum Gasteiger partial charge on any atom is 0.261 e. The Morgan fingerprint density at radius 3 is 1.10 bits per heavy atom. The van der Waals surface area contributed by atoms with Crippen LogP contribution in [0.25, 0.3) is 0 Å². The van der Waals surface area contributed by atoms with E-state index in [0.29, 0.717) is 0 Å². The lowest BCUT2D eigenvalue weighted by Crippen LogP contribution is -2.53. The molecule has 0 aromatic rings. The van der Waals surface area contributed by atoms with E-state index in [1.165, 1.54) is 173 Å². The Kier molecular flexibility index (Phi) is 40.7. The number of primary amides is 2. The molecule has 9 N–H and O–H groups in total. The molecular formula is C42H83N3O6. The molecule has 9 heteroatoms. The largest absolute Gasteiger partial charge is 0.486 e. The second-order valence-electron chi connectivity index (χ2n) is 14.4. The highest BCUT2D eigenvalue weighted by molar-refractivity contribution is 5.81. The van der Waals surface area contributed by atoms with E-state index in [4.69, 9.17) is 21.9 Å². The van der Waals surface area contributed by atoms with Gasteiger partial charge in [-0.1, -0.05) is 187 Å². The van der Waals surface area contributed by atoms with E-state index in [1.54, 1.807) is 12.3 Å². The van der Waals surface area contributed by atoms with Crippen LogP contribution in [-0.2, 0) is 14.3 Å². The van der Waals surface area contributed by atoms with Crippen LogP contribution in [-0.4, -0.2) is 51.5 Å². The van der Waals surface area contributed by atoms with Gasteiger partial charge in [0, 0.05) is 0 Å². The van der Waals surface area contributed by atoms with Crippen LogP contribution in [0.3, 0.4) is 0 Å². The minimum absolute atomic E-state index is 0.742. The first-order chi connectivity index (χ1) is 24.7. The molecule has 0 aliphatic rings. The molecule has 9 nitrogen and oxygen atoms in total. The number of aliphatic hydroxyl groups is 3. The van der Waals surface area contributed by atoms with Crippen LogP contribution in [0.15, 0.2) is 24.6 Å². The van der Waals surface area contributed by atoms with Crippen molar-refractivity contribution in [2.75, 3.05) is 0 Å². The normalized spacial score (nSPS) is 13.9. The van der Waals surface area contributed by atoms with Crippen molar-refractivity contribution < 1.29 is 29.6 Å². The van der Waals surface area contributed by atoms with Gasteiger partial charge in [-0.05, 0) is 38.0 Å². The summed E-state index contributed by atoms with van der Waals surface area (Å²) < 4.78 is 5.11. The standard InChI is InChI=1S/C24H46N2O6.C18H37N/c1-2-3-4-5-6-7-8-9-10-11-12-13-14-15-16-17-18-32-22(24(26)31)20(28)19(27)21(29)23(25)30;1-2-3-4-5-6-7-8-9-10-11-12-13-14-15-16-17-18-19/h17-22,27-29H,2-16H2,1H3,(H2,25,30)(H2,26,31);17-18H,2-16,19H2,1H3/b2*18-17+/t19-,20-,21-,22+;/m0./s1. The molecule has 0 aliphatic carbocycles. The second kappa shape index (κ2) is 40.7. The van der Waals surface area contributed by atoms with Gasteiger partial charge in [0.1, 0.15) is 12.2 Å². The lowest BCUT2D eigenvalue weighted by atomic mass is 10.0. The van der Waals surface area contributed by atoms with Gasteiger partial charge in [0.25, 0.3) is 5.91 Å². The van der Waals surface area contributed by atoms with Crippen molar-refractivity contribution in [3.63, 3.8) is 0 Å². The summed E-state index contributed by atoms with van der Waals surface area (Å²) in [5.41, 5.74) is 15.3. The van der Waals surface area contributed by atoms with Crippen LogP contribution in [0.1, 0.15) is 206 Å². The number of unbranched alkanes of at least 4 members (excludes halogenated alkanes) is 28. The van der Waals surface area contributed by atoms with Gasteiger partial charge in [0.15, 0.2) is 6.10 Å². The second-order valence-corrected chi connectivity index (χ2v) is 14.4. The quantitative estimate of drug-likeness (QED) is 0.0273. The first kappa shape index (κ1) is 51.0. The molecule has 0 rings (SSSR count). The molecule has 0 heterocycles. The molecule has 0 unspecified atom stereocenters. The lowest BCUT2D eigenvalue weighted by Gasteiger charge is -2.25. The van der Waals surface area contributed by atoms with E-state index in [1.807, 2.05) is 0 Å². The summed E-state index contributed by atoms with van der Waals surface area (Å²) in [7, 11) is 0. The van der Waals surface area contributed by atoms with Crippen LogP contribution >= 0.6 is 0 Å². The number of ether oxygens (including phenoxy) is 1. The summed E-state index contributed by atoms with van der Waals surface area (Å²) in [6.45, 7) is 4.53. The molecule has 0 bridgehead atoms. The zero-order valence-electron chi connectivity index (χ0n) is 33.1. The third-order valence-electron chi connectivity index (χ3n) is 9.46. The zero-order chi connectivity index (χ0) is 38.2. The SMILES string of the molecule is CCCCCCCCCCCCCCCC/C=C/N.CCCCCCCCCCCCCCCC/C=C/O[C@@H](C(N)=O)[C@@H](O)[C@H](O)[C@H](O)C(N)=O. The van der Waals surface area contributed by atoms with Gasteiger partial charge in [-0.2, -0.15) is 0 Å².